The van der Waals surface area contributed by atoms with Crippen molar-refractivity contribution in [1.29, 1.82) is 0 Å². The van der Waals surface area contributed by atoms with Gasteiger partial charge in [-0.25, -0.2) is 13.2 Å². The maximum absolute atomic E-state index is 14.5. The summed E-state index contributed by atoms with van der Waals surface area (Å²) in [6, 6.07) is 21.9. The molecule has 0 saturated heterocycles. The Morgan fingerprint density at radius 2 is 1.26 bits per heavy atom. The summed E-state index contributed by atoms with van der Waals surface area (Å²) in [6.45, 7) is 2.02. The van der Waals surface area contributed by atoms with Gasteiger partial charge in [-0.1, -0.05) is 65.5 Å². The van der Waals surface area contributed by atoms with E-state index < -0.39 is 17.5 Å². The number of fused-ring (bicyclic) bond motifs is 1. The molecule has 0 aliphatic carbocycles. The molecule has 0 aliphatic rings. The van der Waals surface area contributed by atoms with Gasteiger partial charge in [-0.3, -0.25) is 0 Å². The number of halogens is 3. The van der Waals surface area contributed by atoms with Crippen molar-refractivity contribution in [2.24, 2.45) is 0 Å². The second-order valence-electron chi connectivity index (χ2n) is 6.25. The Morgan fingerprint density at radius 1 is 0.704 bits per heavy atom. The SMILES string of the molecule is Cc1ccc(-c2ccc(-c3cc4cc[c-]c(F)c4c(F)c3F)cc2)cc1.[Rb+]. The van der Waals surface area contributed by atoms with Crippen LogP contribution in [0.5, 0.6) is 0 Å². The summed E-state index contributed by atoms with van der Waals surface area (Å²) in [4.78, 5) is 0. The summed E-state index contributed by atoms with van der Waals surface area (Å²) in [7, 11) is 0. The molecule has 0 fully saturated rings. The average molecular weight is 433 g/mol. The number of rotatable bonds is 2. The first-order valence-electron chi connectivity index (χ1n) is 8.20. The predicted molar refractivity (Wildman–Crippen MR) is 98.3 cm³/mol. The normalized spacial score (nSPS) is 10.7. The molecule has 0 spiro atoms. The molecule has 4 heteroatoms. The summed E-state index contributed by atoms with van der Waals surface area (Å²) >= 11 is 0. The van der Waals surface area contributed by atoms with Crippen molar-refractivity contribution in [3.05, 3.63) is 95.8 Å². The third-order valence-corrected chi connectivity index (χ3v) is 4.51. The zero-order valence-corrected chi connectivity index (χ0v) is 19.9. The second-order valence-corrected chi connectivity index (χ2v) is 6.25. The molecule has 0 aromatic heterocycles. The predicted octanol–water partition coefficient (Wildman–Crippen LogP) is 3.70. The molecule has 128 valence electrons. The van der Waals surface area contributed by atoms with Gasteiger partial charge in [0, 0.05) is 11.4 Å². The Balaban J connectivity index is 0.00000210. The maximum atomic E-state index is 14.5. The van der Waals surface area contributed by atoms with Gasteiger partial charge in [-0.15, -0.1) is 11.5 Å². The van der Waals surface area contributed by atoms with Crippen LogP contribution in [0.15, 0.2) is 66.7 Å². The van der Waals surface area contributed by atoms with Crippen LogP contribution in [0.1, 0.15) is 5.56 Å². The fraction of sp³-hybridized carbons (Fsp3) is 0.0435. The van der Waals surface area contributed by atoms with Gasteiger partial charge in [0.15, 0.2) is 5.82 Å². The number of hydrogen-bond donors (Lipinski definition) is 0. The smallest absolute Gasteiger partial charge is 0.235 e. The number of benzene rings is 4. The topological polar surface area (TPSA) is 0 Å². The molecule has 0 atom stereocenters. The third kappa shape index (κ3) is 3.97. The first-order chi connectivity index (χ1) is 12.5. The monoisotopic (exact) mass is 432 g/mol. The molecule has 0 bridgehead atoms. The summed E-state index contributed by atoms with van der Waals surface area (Å²) in [6.07, 6.45) is 0. The first-order valence-corrected chi connectivity index (χ1v) is 8.20. The fourth-order valence-electron chi connectivity index (χ4n) is 3.08. The van der Waals surface area contributed by atoms with Crippen LogP contribution in [0.4, 0.5) is 13.2 Å². The van der Waals surface area contributed by atoms with E-state index in [0.29, 0.717) is 10.9 Å². The van der Waals surface area contributed by atoms with Gasteiger partial charge >= 0.3 is 58.2 Å². The minimum Gasteiger partial charge on any atom is -0.235 e. The van der Waals surface area contributed by atoms with Gasteiger partial charge in [-0.05, 0) is 23.6 Å². The largest absolute Gasteiger partial charge is 1.00 e. The van der Waals surface area contributed by atoms with E-state index in [9.17, 15) is 13.2 Å². The minimum atomic E-state index is -1.19. The molecule has 0 aliphatic heterocycles. The van der Waals surface area contributed by atoms with Crippen LogP contribution in [0.25, 0.3) is 33.0 Å². The van der Waals surface area contributed by atoms with Crippen LogP contribution in [0.3, 0.4) is 0 Å². The first kappa shape index (κ1) is 20.5. The zero-order chi connectivity index (χ0) is 18.3. The molecule has 4 rings (SSSR count). The molecular weight excluding hydrogens is 419 g/mol. The van der Waals surface area contributed by atoms with Crippen molar-refractivity contribution in [1.82, 2.24) is 0 Å². The van der Waals surface area contributed by atoms with E-state index in [0.717, 1.165) is 11.1 Å². The van der Waals surface area contributed by atoms with Crippen molar-refractivity contribution in [2.45, 2.75) is 6.92 Å². The van der Waals surface area contributed by atoms with Gasteiger partial charge in [0.05, 0.1) is 0 Å². The summed E-state index contributed by atoms with van der Waals surface area (Å²) in [5.74, 6) is -3.13. The van der Waals surface area contributed by atoms with Gasteiger partial charge in [-0.2, -0.15) is 12.1 Å². The Hall–Kier alpha value is -1.26. The fourth-order valence-corrected chi connectivity index (χ4v) is 3.08. The van der Waals surface area contributed by atoms with Gasteiger partial charge in [0.25, 0.3) is 0 Å². The van der Waals surface area contributed by atoms with E-state index in [-0.39, 0.29) is 69.1 Å². The van der Waals surface area contributed by atoms with Crippen molar-refractivity contribution in [3.63, 3.8) is 0 Å². The van der Waals surface area contributed by atoms with Crippen LogP contribution < -0.4 is 58.2 Å². The standard InChI is InChI=1S/C23H14F3.Rb/c1-14-5-7-15(8-6-14)16-9-11-17(12-10-16)19-13-18-3-2-4-20(24)21(18)23(26)22(19)25;/h2-3,5-13H,1H3;/q-1;+1. The Morgan fingerprint density at radius 3 is 1.89 bits per heavy atom. The second kappa shape index (κ2) is 8.40. The van der Waals surface area contributed by atoms with Crippen LogP contribution in [-0.2, 0) is 0 Å². The van der Waals surface area contributed by atoms with Crippen LogP contribution in [0, 0.1) is 30.4 Å². The van der Waals surface area contributed by atoms with E-state index >= 15 is 0 Å². The van der Waals surface area contributed by atoms with Crippen molar-refractivity contribution in [2.75, 3.05) is 0 Å². The number of aryl methyl sites for hydroxylation is 1. The van der Waals surface area contributed by atoms with Gasteiger partial charge in [0.2, 0.25) is 0 Å². The van der Waals surface area contributed by atoms with E-state index in [1.165, 1.54) is 23.8 Å². The van der Waals surface area contributed by atoms with Crippen molar-refractivity contribution >= 4 is 10.8 Å². The van der Waals surface area contributed by atoms with E-state index in [4.69, 9.17) is 0 Å². The van der Waals surface area contributed by atoms with Gasteiger partial charge in [0.1, 0.15) is 5.82 Å². The Labute approximate surface area is 204 Å². The van der Waals surface area contributed by atoms with Gasteiger partial charge < -0.3 is 0 Å². The Bertz CT molecular complexity index is 1100. The minimum absolute atomic E-state index is 0. The summed E-state index contributed by atoms with van der Waals surface area (Å²) < 4.78 is 42.6. The van der Waals surface area contributed by atoms with Crippen molar-refractivity contribution < 1.29 is 71.4 Å². The summed E-state index contributed by atoms with van der Waals surface area (Å²) in [5.41, 5.74) is 3.84. The quantitative estimate of drug-likeness (QED) is 0.424. The zero-order valence-electron chi connectivity index (χ0n) is 15.0. The average Bonchev–Trinajstić information content (AvgIpc) is 2.65. The van der Waals surface area contributed by atoms with Crippen LogP contribution in [-0.4, -0.2) is 0 Å². The molecule has 0 saturated carbocycles. The molecule has 0 unspecified atom stereocenters. The van der Waals surface area contributed by atoms with Crippen LogP contribution in [0.2, 0.25) is 0 Å². The molecule has 0 N–H and O–H groups in total. The molecule has 0 amide bonds. The molecule has 4 aromatic rings. The molecule has 0 heterocycles. The van der Waals surface area contributed by atoms with Crippen molar-refractivity contribution in [3.8, 4) is 22.3 Å². The molecule has 27 heavy (non-hydrogen) atoms. The number of hydrogen-bond acceptors (Lipinski definition) is 0. The Kier molecular flexibility index (Phi) is 6.37. The maximum Gasteiger partial charge on any atom is 1.00 e. The molecular formula is C23H14F3Rb. The van der Waals surface area contributed by atoms with E-state index in [2.05, 4.69) is 6.07 Å². The van der Waals surface area contributed by atoms with E-state index in [1.54, 1.807) is 12.1 Å². The van der Waals surface area contributed by atoms with Crippen LogP contribution >= 0.6 is 0 Å². The summed E-state index contributed by atoms with van der Waals surface area (Å²) in [5, 5.41) is -0.0669. The molecule has 0 radical (unpaired) electrons. The molecule has 4 aromatic carbocycles. The van der Waals surface area contributed by atoms with E-state index in [1.807, 2.05) is 43.3 Å². The third-order valence-electron chi connectivity index (χ3n) is 4.51. The molecule has 0 nitrogen and oxygen atoms in total.